The molecule has 0 fully saturated rings. The first-order chi connectivity index (χ1) is 9.59. The molecule has 0 spiro atoms. The van der Waals surface area contributed by atoms with E-state index in [1.807, 2.05) is 6.92 Å². The van der Waals surface area contributed by atoms with E-state index < -0.39 is 0 Å². The van der Waals surface area contributed by atoms with Crippen molar-refractivity contribution in [3.05, 3.63) is 35.3 Å². The molecule has 1 amide bonds. The Morgan fingerprint density at radius 1 is 1.35 bits per heavy atom. The van der Waals surface area contributed by atoms with Gasteiger partial charge in [-0.25, -0.2) is 0 Å². The van der Waals surface area contributed by atoms with E-state index >= 15 is 0 Å². The third-order valence-corrected chi connectivity index (χ3v) is 4.21. The molecule has 0 radical (unpaired) electrons. The second kappa shape index (κ2) is 4.93. The molecule has 0 saturated heterocycles. The second-order valence-corrected chi connectivity index (χ2v) is 5.95. The van der Waals surface area contributed by atoms with Gasteiger partial charge in [0.25, 0.3) is 5.91 Å². The lowest BCUT2D eigenvalue weighted by Gasteiger charge is -2.31. The Bertz CT molecular complexity index is 585. The van der Waals surface area contributed by atoms with Gasteiger partial charge in [0.1, 0.15) is 12.0 Å². The number of carbonyl (C=O) groups excluding carboxylic acids is 2. The van der Waals surface area contributed by atoms with E-state index in [4.69, 9.17) is 4.42 Å². The van der Waals surface area contributed by atoms with Crippen LogP contribution in [0, 0.1) is 0 Å². The maximum Gasteiger partial charge on any atom is 0.255 e. The standard InChI is InChI=1S/C16H19NO3/c1-16(8-3-2-4-9-16)17-15(19)11-10-20-13-7-5-6-12(18)14(11)13/h2-3,10H,4-9H2,1H3,(H,17,19). The molecule has 0 saturated carbocycles. The molecule has 2 aliphatic rings. The average Bonchev–Trinajstić information content (AvgIpc) is 2.84. The third-order valence-electron chi connectivity index (χ3n) is 4.21. The highest BCUT2D eigenvalue weighted by Gasteiger charge is 2.32. The maximum atomic E-state index is 12.4. The van der Waals surface area contributed by atoms with E-state index in [-0.39, 0.29) is 17.2 Å². The van der Waals surface area contributed by atoms with E-state index in [2.05, 4.69) is 17.5 Å². The number of carbonyl (C=O) groups is 2. The molecule has 3 rings (SSSR count). The quantitative estimate of drug-likeness (QED) is 0.843. The van der Waals surface area contributed by atoms with Gasteiger partial charge in [-0.15, -0.1) is 0 Å². The summed E-state index contributed by atoms with van der Waals surface area (Å²) < 4.78 is 5.41. The van der Waals surface area contributed by atoms with Crippen molar-refractivity contribution in [1.29, 1.82) is 0 Å². The van der Waals surface area contributed by atoms with Gasteiger partial charge in [0, 0.05) is 18.4 Å². The predicted octanol–water partition coefficient (Wildman–Crippen LogP) is 3.03. The Kier molecular flexibility index (Phi) is 3.24. The molecular formula is C16H19NO3. The lowest BCUT2D eigenvalue weighted by molar-refractivity contribution is 0.0886. The van der Waals surface area contributed by atoms with Crippen LogP contribution in [-0.4, -0.2) is 17.2 Å². The molecule has 0 aliphatic heterocycles. The molecule has 20 heavy (non-hydrogen) atoms. The maximum absolute atomic E-state index is 12.4. The molecular weight excluding hydrogens is 254 g/mol. The van der Waals surface area contributed by atoms with Gasteiger partial charge in [-0.05, 0) is 32.6 Å². The summed E-state index contributed by atoms with van der Waals surface area (Å²) in [7, 11) is 0. The minimum absolute atomic E-state index is 0.0267. The van der Waals surface area contributed by atoms with E-state index in [9.17, 15) is 9.59 Å². The summed E-state index contributed by atoms with van der Waals surface area (Å²) in [6, 6.07) is 0. The van der Waals surface area contributed by atoms with Gasteiger partial charge in [-0.3, -0.25) is 9.59 Å². The van der Waals surface area contributed by atoms with Gasteiger partial charge < -0.3 is 9.73 Å². The van der Waals surface area contributed by atoms with Gasteiger partial charge in [-0.1, -0.05) is 12.2 Å². The Hall–Kier alpha value is -1.84. The monoisotopic (exact) mass is 273 g/mol. The Labute approximate surface area is 118 Å². The number of fused-ring (bicyclic) bond motifs is 1. The smallest absolute Gasteiger partial charge is 0.255 e. The third kappa shape index (κ3) is 2.30. The lowest BCUT2D eigenvalue weighted by Crippen LogP contribution is -2.46. The van der Waals surface area contributed by atoms with Crippen LogP contribution >= 0.6 is 0 Å². The number of hydrogen-bond acceptors (Lipinski definition) is 3. The van der Waals surface area contributed by atoms with Crippen molar-refractivity contribution in [3.8, 4) is 0 Å². The molecule has 4 heteroatoms. The zero-order valence-electron chi connectivity index (χ0n) is 11.7. The van der Waals surface area contributed by atoms with Crippen molar-refractivity contribution in [2.24, 2.45) is 0 Å². The molecule has 1 atom stereocenters. The van der Waals surface area contributed by atoms with Gasteiger partial charge >= 0.3 is 0 Å². The summed E-state index contributed by atoms with van der Waals surface area (Å²) in [4.78, 5) is 24.4. The molecule has 1 heterocycles. The normalized spacial score (nSPS) is 25.4. The molecule has 2 aliphatic carbocycles. The van der Waals surface area contributed by atoms with Crippen LogP contribution in [-0.2, 0) is 6.42 Å². The molecule has 4 nitrogen and oxygen atoms in total. The Morgan fingerprint density at radius 3 is 2.95 bits per heavy atom. The predicted molar refractivity (Wildman–Crippen MR) is 74.8 cm³/mol. The average molecular weight is 273 g/mol. The summed E-state index contributed by atoms with van der Waals surface area (Å²) >= 11 is 0. The van der Waals surface area contributed by atoms with Crippen molar-refractivity contribution in [2.45, 2.75) is 51.0 Å². The first kappa shape index (κ1) is 13.2. The fraction of sp³-hybridized carbons (Fsp3) is 0.500. The number of rotatable bonds is 2. The van der Waals surface area contributed by atoms with Crippen molar-refractivity contribution >= 4 is 11.7 Å². The number of hydrogen-bond donors (Lipinski definition) is 1. The van der Waals surface area contributed by atoms with Crippen LogP contribution in [0.4, 0.5) is 0 Å². The van der Waals surface area contributed by atoms with Crippen molar-refractivity contribution in [2.75, 3.05) is 0 Å². The highest BCUT2D eigenvalue weighted by Crippen LogP contribution is 2.28. The number of Topliss-reactive ketones (excluding diaryl/α,β-unsaturated/α-hetero) is 1. The van der Waals surface area contributed by atoms with Gasteiger partial charge in [0.2, 0.25) is 0 Å². The number of allylic oxidation sites excluding steroid dienone is 1. The Morgan fingerprint density at radius 2 is 2.20 bits per heavy atom. The van der Waals surface area contributed by atoms with Crippen LogP contribution in [0.25, 0.3) is 0 Å². The van der Waals surface area contributed by atoms with Gasteiger partial charge in [0.05, 0.1) is 11.1 Å². The Balaban J connectivity index is 1.83. The van der Waals surface area contributed by atoms with E-state index in [1.54, 1.807) is 0 Å². The second-order valence-electron chi connectivity index (χ2n) is 5.95. The highest BCUT2D eigenvalue weighted by atomic mass is 16.3. The zero-order chi connectivity index (χ0) is 14.2. The fourth-order valence-electron chi connectivity index (χ4n) is 3.01. The first-order valence-corrected chi connectivity index (χ1v) is 7.20. The summed E-state index contributed by atoms with van der Waals surface area (Å²) in [6.07, 6.45) is 10.4. The minimum atomic E-state index is -0.228. The molecule has 0 bridgehead atoms. The van der Waals surface area contributed by atoms with Gasteiger partial charge in [-0.2, -0.15) is 0 Å². The number of aryl methyl sites for hydroxylation is 1. The number of nitrogens with one attached hydrogen (secondary N) is 1. The molecule has 106 valence electrons. The topological polar surface area (TPSA) is 59.3 Å². The van der Waals surface area contributed by atoms with Crippen LogP contribution < -0.4 is 5.32 Å². The minimum Gasteiger partial charge on any atom is -0.468 e. The van der Waals surface area contributed by atoms with Crippen LogP contribution in [0.15, 0.2) is 22.8 Å². The molecule has 0 aromatic carbocycles. The highest BCUT2D eigenvalue weighted by molar-refractivity contribution is 6.09. The summed E-state index contributed by atoms with van der Waals surface area (Å²) in [5.41, 5.74) is 0.678. The van der Waals surface area contributed by atoms with Crippen molar-refractivity contribution < 1.29 is 14.0 Å². The van der Waals surface area contributed by atoms with E-state index in [1.165, 1.54) is 6.26 Å². The van der Waals surface area contributed by atoms with Crippen LogP contribution in [0.3, 0.4) is 0 Å². The summed E-state index contributed by atoms with van der Waals surface area (Å²) in [5, 5.41) is 3.07. The zero-order valence-corrected chi connectivity index (χ0v) is 11.7. The van der Waals surface area contributed by atoms with Gasteiger partial charge in [0.15, 0.2) is 5.78 Å². The molecule has 1 aromatic heterocycles. The molecule has 1 unspecified atom stereocenters. The number of amides is 1. The van der Waals surface area contributed by atoms with Crippen molar-refractivity contribution in [3.63, 3.8) is 0 Å². The van der Waals surface area contributed by atoms with E-state index in [0.717, 1.165) is 32.1 Å². The number of ketones is 1. The largest absolute Gasteiger partial charge is 0.468 e. The van der Waals surface area contributed by atoms with E-state index in [0.29, 0.717) is 23.3 Å². The summed E-state index contributed by atoms with van der Waals surface area (Å²) in [6.45, 7) is 2.04. The summed E-state index contributed by atoms with van der Waals surface area (Å²) in [5.74, 6) is 0.502. The van der Waals surface area contributed by atoms with Crippen LogP contribution in [0.2, 0.25) is 0 Å². The van der Waals surface area contributed by atoms with Crippen LogP contribution in [0.5, 0.6) is 0 Å². The fourth-order valence-corrected chi connectivity index (χ4v) is 3.01. The van der Waals surface area contributed by atoms with Crippen LogP contribution in [0.1, 0.15) is 65.5 Å². The SMILES string of the molecule is CC1(NC(=O)c2coc3c2C(=O)CCC3)CC=CCC1. The molecule has 1 N–H and O–H groups in total. The van der Waals surface area contributed by atoms with Crippen molar-refractivity contribution in [1.82, 2.24) is 5.32 Å². The first-order valence-electron chi connectivity index (χ1n) is 7.20. The lowest BCUT2D eigenvalue weighted by atomic mass is 9.87. The molecule has 1 aromatic rings. The number of furan rings is 1.